The number of benzene rings is 1. The van der Waals surface area contributed by atoms with Crippen LogP contribution in [0.25, 0.3) is 11.1 Å². The third-order valence-electron chi connectivity index (χ3n) is 7.26. The number of fused-ring (bicyclic) bond motifs is 1. The standard InChI is InChI=1S/C29H36N6O4/c1-19(2)27-26-23(20-8-9-25(30-18-20)33(3)10-13-38-4)17-24(29(36)37)31-28(26)35(32-27)22-7-5-6-21(16-22)34-11-14-39-15-12-34/h5-9,16-19,27,32H,10-15H2,1-4H3,(H,36,37). The van der Waals surface area contributed by atoms with Crippen molar-refractivity contribution in [3.05, 3.63) is 59.9 Å². The molecule has 2 aliphatic heterocycles. The molecule has 1 saturated heterocycles. The highest BCUT2D eigenvalue weighted by molar-refractivity contribution is 5.90. The van der Waals surface area contributed by atoms with E-state index in [-0.39, 0.29) is 17.7 Å². The molecule has 5 rings (SSSR count). The molecule has 2 N–H and O–H groups in total. The number of anilines is 4. The van der Waals surface area contributed by atoms with Crippen LogP contribution < -0.4 is 20.2 Å². The van der Waals surface area contributed by atoms with Gasteiger partial charge in [-0.15, -0.1) is 0 Å². The van der Waals surface area contributed by atoms with Crippen LogP contribution in [0, 0.1) is 5.92 Å². The summed E-state index contributed by atoms with van der Waals surface area (Å²) in [6.45, 7) is 8.68. The molecule has 1 unspecified atom stereocenters. The molecular formula is C29H36N6O4. The smallest absolute Gasteiger partial charge is 0.354 e. The molecule has 0 spiro atoms. The van der Waals surface area contributed by atoms with E-state index >= 15 is 0 Å². The van der Waals surface area contributed by atoms with Crippen molar-refractivity contribution in [1.82, 2.24) is 15.4 Å². The number of aromatic carboxylic acids is 1. The molecule has 0 amide bonds. The highest BCUT2D eigenvalue weighted by Crippen LogP contribution is 2.45. The van der Waals surface area contributed by atoms with Gasteiger partial charge in [-0.2, -0.15) is 0 Å². The van der Waals surface area contributed by atoms with Gasteiger partial charge in [0, 0.05) is 56.8 Å². The van der Waals surface area contributed by atoms with Gasteiger partial charge in [-0.05, 0) is 47.9 Å². The number of carboxylic acid groups (broad SMARTS) is 1. The summed E-state index contributed by atoms with van der Waals surface area (Å²) >= 11 is 0. The Morgan fingerprint density at radius 3 is 2.64 bits per heavy atom. The van der Waals surface area contributed by atoms with E-state index in [2.05, 4.69) is 46.3 Å². The first-order chi connectivity index (χ1) is 18.9. The number of pyridine rings is 2. The number of rotatable bonds is 9. The number of methoxy groups -OCH3 is 1. The van der Waals surface area contributed by atoms with Crippen LogP contribution in [0.5, 0.6) is 0 Å². The maximum atomic E-state index is 12.2. The highest BCUT2D eigenvalue weighted by Gasteiger charge is 2.36. The van der Waals surface area contributed by atoms with E-state index in [0.29, 0.717) is 32.2 Å². The number of aromatic nitrogens is 2. The van der Waals surface area contributed by atoms with E-state index in [0.717, 1.165) is 47.0 Å². The van der Waals surface area contributed by atoms with Gasteiger partial charge in [-0.25, -0.2) is 20.2 Å². The van der Waals surface area contributed by atoms with Gasteiger partial charge in [0.1, 0.15) is 5.82 Å². The maximum absolute atomic E-state index is 12.2. The van der Waals surface area contributed by atoms with Crippen molar-refractivity contribution in [2.45, 2.75) is 19.9 Å². The van der Waals surface area contributed by atoms with Crippen molar-refractivity contribution in [1.29, 1.82) is 0 Å². The number of hydrogen-bond donors (Lipinski definition) is 2. The van der Waals surface area contributed by atoms with Gasteiger partial charge >= 0.3 is 5.97 Å². The second-order valence-corrected chi connectivity index (χ2v) is 10.2. The molecule has 4 heterocycles. The van der Waals surface area contributed by atoms with Crippen LogP contribution in [0.4, 0.5) is 23.0 Å². The molecule has 39 heavy (non-hydrogen) atoms. The van der Waals surface area contributed by atoms with Crippen molar-refractivity contribution in [2.24, 2.45) is 5.92 Å². The molecule has 0 radical (unpaired) electrons. The Labute approximate surface area is 229 Å². The molecule has 0 bridgehead atoms. The normalized spacial score (nSPS) is 17.0. The second-order valence-electron chi connectivity index (χ2n) is 10.2. The topological polar surface area (TPSA) is 103 Å². The largest absolute Gasteiger partial charge is 0.477 e. The SMILES string of the molecule is COCCN(C)c1ccc(-c2cc(C(=O)O)nc3c2C(C(C)C)NN3c2cccc(N3CCOCC3)c2)cn1. The van der Waals surface area contributed by atoms with Gasteiger partial charge in [0.05, 0.1) is 31.5 Å². The van der Waals surface area contributed by atoms with Crippen LogP contribution in [0.2, 0.25) is 0 Å². The van der Waals surface area contributed by atoms with Gasteiger partial charge in [0.25, 0.3) is 0 Å². The summed E-state index contributed by atoms with van der Waals surface area (Å²) in [6.07, 6.45) is 1.80. The van der Waals surface area contributed by atoms with Crippen LogP contribution in [-0.2, 0) is 9.47 Å². The molecule has 1 atom stereocenters. The van der Waals surface area contributed by atoms with Gasteiger partial charge in [0.15, 0.2) is 11.5 Å². The lowest BCUT2D eigenvalue weighted by Crippen LogP contribution is -2.36. The van der Waals surface area contributed by atoms with Crippen LogP contribution in [-0.4, -0.2) is 74.7 Å². The molecule has 0 aliphatic carbocycles. The Balaban J connectivity index is 1.58. The van der Waals surface area contributed by atoms with Crippen LogP contribution in [0.15, 0.2) is 48.7 Å². The monoisotopic (exact) mass is 532 g/mol. The summed E-state index contributed by atoms with van der Waals surface area (Å²) in [5, 5.41) is 11.9. The van der Waals surface area contributed by atoms with Gasteiger partial charge < -0.3 is 24.4 Å². The number of carboxylic acids is 1. The second kappa shape index (κ2) is 11.6. The van der Waals surface area contributed by atoms with Crippen molar-refractivity contribution in [3.63, 3.8) is 0 Å². The van der Waals surface area contributed by atoms with E-state index in [1.165, 1.54) is 0 Å². The number of morpholine rings is 1. The fourth-order valence-corrected chi connectivity index (χ4v) is 5.08. The summed E-state index contributed by atoms with van der Waals surface area (Å²) in [6, 6.07) is 13.8. The minimum Gasteiger partial charge on any atom is -0.477 e. The molecule has 3 aromatic rings. The van der Waals surface area contributed by atoms with Crippen LogP contribution in [0.1, 0.15) is 35.9 Å². The van der Waals surface area contributed by atoms with Crippen molar-refractivity contribution >= 4 is 29.0 Å². The Bertz CT molecular complexity index is 1310. The summed E-state index contributed by atoms with van der Waals surface area (Å²) in [4.78, 5) is 25.8. The molecule has 206 valence electrons. The van der Waals surface area contributed by atoms with Gasteiger partial charge in [0.2, 0.25) is 0 Å². The Morgan fingerprint density at radius 2 is 1.97 bits per heavy atom. The summed E-state index contributed by atoms with van der Waals surface area (Å²) in [7, 11) is 3.64. The molecule has 1 fully saturated rings. The Kier molecular flexibility index (Phi) is 7.97. The van der Waals surface area contributed by atoms with E-state index < -0.39 is 5.97 Å². The van der Waals surface area contributed by atoms with E-state index in [4.69, 9.17) is 9.47 Å². The number of nitrogens with one attached hydrogen (secondary N) is 1. The fourth-order valence-electron chi connectivity index (χ4n) is 5.08. The first-order valence-electron chi connectivity index (χ1n) is 13.3. The number of likely N-dealkylation sites (N-methyl/N-ethyl adjacent to an activating group) is 1. The summed E-state index contributed by atoms with van der Waals surface area (Å²) in [5.74, 6) is 0.571. The average Bonchev–Trinajstić information content (AvgIpc) is 3.36. The summed E-state index contributed by atoms with van der Waals surface area (Å²) in [5.41, 5.74) is 8.24. The Morgan fingerprint density at radius 1 is 1.21 bits per heavy atom. The summed E-state index contributed by atoms with van der Waals surface area (Å²) < 4.78 is 10.7. The number of nitrogens with zero attached hydrogens (tertiary/aromatic N) is 5. The molecule has 10 nitrogen and oxygen atoms in total. The fraction of sp³-hybridized carbons (Fsp3) is 0.414. The Hall–Kier alpha value is -3.73. The van der Waals surface area contributed by atoms with Crippen LogP contribution >= 0.6 is 0 Å². The number of hydrogen-bond acceptors (Lipinski definition) is 9. The molecule has 2 aliphatic rings. The minimum absolute atomic E-state index is 0.00872. The molecular weight excluding hydrogens is 496 g/mol. The predicted molar refractivity (Wildman–Crippen MR) is 152 cm³/mol. The first-order valence-corrected chi connectivity index (χ1v) is 13.3. The molecule has 2 aromatic heterocycles. The number of ether oxygens (including phenoxy) is 2. The predicted octanol–water partition coefficient (Wildman–Crippen LogP) is 4.11. The van der Waals surface area contributed by atoms with Gasteiger partial charge in [-0.1, -0.05) is 19.9 Å². The van der Waals surface area contributed by atoms with Crippen molar-refractivity contribution in [3.8, 4) is 11.1 Å². The molecule has 1 aromatic carbocycles. The first kappa shape index (κ1) is 26.9. The third-order valence-corrected chi connectivity index (χ3v) is 7.26. The lowest BCUT2D eigenvalue weighted by atomic mass is 9.91. The molecule has 10 heteroatoms. The van der Waals surface area contributed by atoms with Gasteiger partial charge in [-0.3, -0.25) is 5.01 Å². The zero-order valence-corrected chi connectivity index (χ0v) is 22.9. The zero-order chi connectivity index (χ0) is 27.5. The lowest BCUT2D eigenvalue weighted by Gasteiger charge is -2.30. The number of carbonyl (C=O) groups is 1. The quantitative estimate of drug-likeness (QED) is 0.418. The minimum atomic E-state index is -1.07. The highest BCUT2D eigenvalue weighted by atomic mass is 16.5. The maximum Gasteiger partial charge on any atom is 0.354 e. The number of hydrazine groups is 1. The molecule has 0 saturated carbocycles. The van der Waals surface area contributed by atoms with E-state index in [9.17, 15) is 9.90 Å². The average molecular weight is 533 g/mol. The van der Waals surface area contributed by atoms with E-state index in [1.54, 1.807) is 19.4 Å². The third kappa shape index (κ3) is 5.54. The van der Waals surface area contributed by atoms with Crippen molar-refractivity contribution < 1.29 is 19.4 Å². The van der Waals surface area contributed by atoms with Crippen molar-refractivity contribution in [2.75, 3.05) is 68.4 Å². The lowest BCUT2D eigenvalue weighted by molar-refractivity contribution is 0.0690. The van der Waals surface area contributed by atoms with Crippen LogP contribution in [0.3, 0.4) is 0 Å². The van der Waals surface area contributed by atoms with E-state index in [1.807, 2.05) is 41.2 Å². The zero-order valence-electron chi connectivity index (χ0n) is 22.9.